The molecule has 6 aliphatic rings. The summed E-state index contributed by atoms with van der Waals surface area (Å²) in [5.74, 6) is -1.97. The second-order valence-corrected chi connectivity index (χ2v) is 37.2. The van der Waals surface area contributed by atoms with E-state index < -0.39 is 124 Å². The van der Waals surface area contributed by atoms with Crippen molar-refractivity contribution in [1.29, 1.82) is 0 Å². The van der Waals surface area contributed by atoms with Crippen molar-refractivity contribution in [1.82, 2.24) is 39.8 Å². The van der Waals surface area contributed by atoms with Crippen molar-refractivity contribution in [2.75, 3.05) is 52.2 Å². The van der Waals surface area contributed by atoms with Crippen LogP contribution in [0.3, 0.4) is 0 Å². The van der Waals surface area contributed by atoms with Crippen molar-refractivity contribution in [2.45, 2.75) is 166 Å². The zero-order valence-corrected chi connectivity index (χ0v) is 69.3. The summed E-state index contributed by atoms with van der Waals surface area (Å²) in [6.07, 6.45) is 6.93. The number of benzene rings is 6. The molecule has 2 aliphatic heterocycles. The van der Waals surface area contributed by atoms with E-state index in [2.05, 4.69) is 53.8 Å². The summed E-state index contributed by atoms with van der Waals surface area (Å²) < 4.78 is 91.2. The van der Waals surface area contributed by atoms with E-state index in [1.54, 1.807) is 50.6 Å². The minimum absolute atomic E-state index is 0. The normalized spacial score (nSPS) is 21.7. The van der Waals surface area contributed by atoms with Crippen LogP contribution in [0.2, 0.25) is 10.0 Å². The van der Waals surface area contributed by atoms with E-state index in [9.17, 15) is 45.6 Å². The van der Waals surface area contributed by atoms with Crippen molar-refractivity contribution >= 4 is 112 Å². The highest BCUT2D eigenvalue weighted by atomic mass is 35.5. The minimum atomic E-state index is -3.90. The molecule has 0 spiro atoms. The number of aromatic nitrogens is 2. The topological polar surface area (TPSA) is 331 Å². The Labute approximate surface area is 700 Å². The third-order valence-corrected chi connectivity index (χ3v) is 26.3. The first kappa shape index (κ1) is 88.1. The number of rotatable bonds is 28. The Kier molecular flexibility index (Phi) is 26.2. The number of nitrogens with zero attached hydrogens (tertiary/aromatic N) is 4. The van der Waals surface area contributed by atoms with E-state index >= 15 is 0 Å². The maximum Gasteiger partial charge on any atom is 0.259 e. The van der Waals surface area contributed by atoms with Crippen LogP contribution in [-0.4, -0.2) is 172 Å². The molecule has 6 aromatic carbocycles. The highest BCUT2D eigenvalue weighted by Gasteiger charge is 2.64. The van der Waals surface area contributed by atoms with Crippen molar-refractivity contribution in [3.8, 4) is 57.0 Å². The van der Waals surface area contributed by atoms with Crippen LogP contribution in [0, 0.1) is 22.7 Å². The number of hydrogen-bond donors (Lipinski definition) is 6. The van der Waals surface area contributed by atoms with E-state index in [1.807, 2.05) is 139 Å². The average Bonchev–Trinajstić information content (AvgIpc) is 1.57. The Morgan fingerprint density at radius 3 is 1.17 bits per heavy atom. The fraction of sp³-hybridized carbons (Fsp3) is 0.409. The van der Waals surface area contributed by atoms with Crippen LogP contribution in [-0.2, 0) is 48.8 Å². The van der Waals surface area contributed by atoms with Crippen molar-refractivity contribution in [3.05, 3.63) is 181 Å². The lowest BCUT2D eigenvalue weighted by atomic mass is 9.85. The van der Waals surface area contributed by atoms with E-state index in [1.165, 1.54) is 48.6 Å². The highest BCUT2D eigenvalue weighted by molar-refractivity contribution is 7.91. The van der Waals surface area contributed by atoms with Gasteiger partial charge >= 0.3 is 0 Å². The molecule has 6 N–H and O–H groups in total. The van der Waals surface area contributed by atoms with E-state index in [-0.39, 0.29) is 77.2 Å². The quantitative estimate of drug-likeness (QED) is 0.0248. The van der Waals surface area contributed by atoms with Gasteiger partial charge in [-0.3, -0.25) is 38.2 Å². The van der Waals surface area contributed by atoms with Crippen molar-refractivity contribution in [3.63, 3.8) is 0 Å². The summed E-state index contributed by atoms with van der Waals surface area (Å²) in [5.41, 5.74) is 0.527. The van der Waals surface area contributed by atoms with Gasteiger partial charge in [-0.15, -0.1) is 13.2 Å². The molecular formula is C88H104Cl2N10O16S2. The van der Waals surface area contributed by atoms with Crippen LogP contribution in [0.5, 0.6) is 34.8 Å². The van der Waals surface area contributed by atoms with Gasteiger partial charge in [0.25, 0.3) is 11.8 Å². The summed E-state index contributed by atoms with van der Waals surface area (Å²) in [6, 6.07) is 37.4. The fourth-order valence-corrected chi connectivity index (χ4v) is 18.3. The zero-order chi connectivity index (χ0) is 83.1. The monoisotopic (exact) mass is 1690 g/mol. The van der Waals surface area contributed by atoms with Crippen LogP contribution in [0.4, 0.5) is 11.4 Å². The molecule has 0 radical (unpaired) electrons. The van der Waals surface area contributed by atoms with E-state index in [4.69, 9.17) is 51.6 Å². The van der Waals surface area contributed by atoms with Crippen molar-refractivity contribution < 1.29 is 74.0 Å². The average molecular weight is 1690 g/mol. The summed E-state index contributed by atoms with van der Waals surface area (Å²) in [4.78, 5) is 98.2. The molecule has 14 rings (SSSR count). The van der Waals surface area contributed by atoms with Crippen molar-refractivity contribution in [2.24, 2.45) is 22.7 Å². The van der Waals surface area contributed by atoms with Gasteiger partial charge in [-0.25, -0.2) is 26.8 Å². The third kappa shape index (κ3) is 18.7. The van der Waals surface area contributed by atoms with Gasteiger partial charge < -0.3 is 59.5 Å². The smallest absolute Gasteiger partial charge is 0.259 e. The predicted molar refractivity (Wildman–Crippen MR) is 458 cm³/mol. The third-order valence-electron chi connectivity index (χ3n) is 22.2. The second kappa shape index (κ2) is 35.1. The first-order chi connectivity index (χ1) is 55.2. The molecule has 0 bridgehead atoms. The van der Waals surface area contributed by atoms with Gasteiger partial charge in [0.2, 0.25) is 55.4 Å². The number of fused-ring (bicyclic) bond motifs is 2. The Morgan fingerprint density at radius 1 is 0.500 bits per heavy atom. The lowest BCUT2D eigenvalue weighted by molar-refractivity contribution is -0.141. The SMILES string of the molecule is C.C.C=C[C@@H]1C[C@]1(NC(=O)[C@@H]1C[C@@H](Oc2ncc(OC)c3ccc(Cl)cc23)CN1C(=O)C(Nc1ccc(-c2ccccc2)c(OC)c1)C(C)(C)C)C(=O)NS(=O)(=O)C1CC1.C=C[C@@H]1C[C@]1(NC(=O)[C@@H]1C[C@@H](Oc2ncc(OC)c3ccc(Cl)cc23)CN1C(=O)C(Nc1ccc(-c2ccccc2)c(OC)c1)C(C)(C)C)C(=O)NS(=O)(=O)C1CC1. The molecule has 4 saturated carbocycles. The molecule has 30 heteroatoms. The molecule has 4 aliphatic carbocycles. The van der Waals surface area contributed by atoms with Crippen LogP contribution < -0.4 is 59.1 Å². The van der Waals surface area contributed by atoms with Gasteiger partial charge in [-0.2, -0.15) is 0 Å². The van der Waals surface area contributed by atoms with E-state index in [0.717, 1.165) is 22.3 Å². The van der Waals surface area contributed by atoms with Gasteiger partial charge in [0, 0.05) is 90.9 Å². The first-order valence-electron chi connectivity index (χ1n) is 38.4. The lowest BCUT2D eigenvalue weighted by Gasteiger charge is -2.36. The summed E-state index contributed by atoms with van der Waals surface area (Å²) in [7, 11) is -1.56. The number of nitrogens with one attached hydrogen (secondary N) is 6. The molecule has 2 aromatic heterocycles. The number of methoxy groups -OCH3 is 4. The standard InChI is InChI=1S/2C43H48ClN5O8S.2CH4/c2*1-7-26-22-43(26,41(52)48-58(53,54)30-15-16-30)47-38(50)34-21-29(57-39-33-19-27(44)13-17-32(33)36(56-6)23-45-39)24-49(34)40(51)37(42(2,3)4)46-28-14-18-31(35(20-28)55-5)25-11-9-8-10-12-25;;/h2*7-14,17-20,23,26,29-30,34,37,46H,1,15-16,21-22,24H2,2-6H3,(H,47,50)(H,48,52);2*1H4/t2*26-,29-,34+,37?,43-;;/m11../s1. The lowest BCUT2D eigenvalue weighted by Crippen LogP contribution is -2.58. The van der Waals surface area contributed by atoms with E-state index in [0.29, 0.717) is 91.6 Å². The molecule has 4 heterocycles. The summed E-state index contributed by atoms with van der Waals surface area (Å²) in [5, 5.41) is 14.8. The number of carbonyl (C=O) groups is 6. The molecule has 2 saturated heterocycles. The molecule has 6 fully saturated rings. The maximum absolute atomic E-state index is 15.0. The summed E-state index contributed by atoms with van der Waals surface area (Å²) >= 11 is 12.8. The predicted octanol–water partition coefficient (Wildman–Crippen LogP) is 13.5. The second-order valence-electron chi connectivity index (χ2n) is 32.4. The van der Waals surface area contributed by atoms with Gasteiger partial charge in [0.15, 0.2) is 0 Å². The van der Waals surface area contributed by atoms with Crippen LogP contribution >= 0.6 is 23.2 Å². The molecule has 2 unspecified atom stereocenters. The number of pyridine rings is 2. The molecule has 26 nitrogen and oxygen atoms in total. The largest absolute Gasteiger partial charge is 0.496 e. The number of likely N-dealkylation sites (tertiary alicyclic amines) is 2. The number of anilines is 2. The Balaban J connectivity index is 0.000000228. The van der Waals surface area contributed by atoms with Gasteiger partial charge in [0.1, 0.15) is 70.5 Å². The number of carbonyl (C=O) groups excluding carboxylic acids is 6. The minimum Gasteiger partial charge on any atom is -0.496 e. The van der Waals surface area contributed by atoms with Gasteiger partial charge in [0.05, 0.1) is 64.4 Å². The molecule has 10 atom stereocenters. The van der Waals surface area contributed by atoms with Crippen LogP contribution in [0.15, 0.2) is 171 Å². The fourth-order valence-electron chi connectivity index (χ4n) is 15.2. The molecule has 118 heavy (non-hydrogen) atoms. The Morgan fingerprint density at radius 2 is 0.856 bits per heavy atom. The Bertz CT molecular complexity index is 5070. The van der Waals surface area contributed by atoms with Gasteiger partial charge in [-0.05, 0) is 121 Å². The number of amides is 6. The van der Waals surface area contributed by atoms with Crippen LogP contribution in [0.1, 0.15) is 108 Å². The molecular weight excluding hydrogens is 1590 g/mol. The first-order valence-corrected chi connectivity index (χ1v) is 42.2. The molecule has 8 aromatic rings. The number of sulfonamides is 2. The molecule has 628 valence electrons. The number of halogens is 2. The highest BCUT2D eigenvalue weighted by Crippen LogP contribution is 2.49. The van der Waals surface area contributed by atoms with Gasteiger partial charge in [-0.1, -0.05) is 152 Å². The summed E-state index contributed by atoms with van der Waals surface area (Å²) in [6.45, 7) is 19.2. The van der Waals surface area contributed by atoms with Crippen LogP contribution in [0.25, 0.3) is 43.8 Å². The maximum atomic E-state index is 15.0. The Hall–Kier alpha value is -10.7. The number of hydrogen-bond acceptors (Lipinski definition) is 20. The number of ether oxygens (including phenoxy) is 6. The molecule has 6 amide bonds. The zero-order valence-electron chi connectivity index (χ0n) is 66.2.